The quantitative estimate of drug-likeness (QED) is 0.821. The Morgan fingerprint density at radius 1 is 1.47 bits per heavy atom. The molecule has 0 radical (unpaired) electrons. The van der Waals surface area contributed by atoms with Crippen LogP contribution >= 0.6 is 0 Å². The molecule has 0 aromatic carbocycles. The third-order valence-corrected chi connectivity index (χ3v) is 2.12. The topological polar surface area (TPSA) is 29.9 Å². The fourth-order valence-electron chi connectivity index (χ4n) is 1.28. The summed E-state index contributed by atoms with van der Waals surface area (Å²) in [4.78, 5) is 4.11. The first-order chi connectivity index (χ1) is 7.03. The molecule has 3 heteroatoms. The van der Waals surface area contributed by atoms with Crippen LogP contribution in [-0.2, 0) is 6.54 Å². The molecule has 1 heterocycles. The number of rotatable bonds is 4. The van der Waals surface area contributed by atoms with Crippen molar-refractivity contribution in [1.82, 2.24) is 14.9 Å². The molecule has 1 N–H and O–H groups in total. The third kappa shape index (κ3) is 4.30. The molecule has 0 unspecified atom stereocenters. The first-order valence-corrected chi connectivity index (χ1v) is 5.44. The molecule has 1 aromatic rings. The van der Waals surface area contributed by atoms with Crippen molar-refractivity contribution in [3.63, 3.8) is 0 Å². The minimum absolute atomic E-state index is 0.176. The van der Waals surface area contributed by atoms with Gasteiger partial charge in [-0.2, -0.15) is 0 Å². The second-order valence-electron chi connectivity index (χ2n) is 4.64. The Balaban J connectivity index is 2.45. The third-order valence-electron chi connectivity index (χ3n) is 2.12. The van der Waals surface area contributed by atoms with Gasteiger partial charge in [0, 0.05) is 18.6 Å². The lowest BCUT2D eigenvalue weighted by molar-refractivity contribution is 0.450. The Hall–Kier alpha value is -1.09. The van der Waals surface area contributed by atoms with E-state index in [1.54, 1.807) is 0 Å². The normalized spacial score (nSPS) is 12.5. The van der Waals surface area contributed by atoms with Crippen LogP contribution < -0.4 is 5.32 Å². The van der Waals surface area contributed by atoms with Crippen molar-refractivity contribution in [2.75, 3.05) is 6.54 Å². The zero-order chi connectivity index (χ0) is 11.3. The number of hydrogen-bond donors (Lipinski definition) is 1. The van der Waals surface area contributed by atoms with E-state index in [9.17, 15) is 0 Å². The van der Waals surface area contributed by atoms with Gasteiger partial charge in [-0.3, -0.25) is 0 Å². The maximum Gasteiger partial charge on any atom is 0.0950 e. The molecule has 84 valence electrons. The van der Waals surface area contributed by atoms with Gasteiger partial charge in [-0.1, -0.05) is 6.08 Å². The fraction of sp³-hybridized carbons (Fsp3) is 0.583. The average molecular weight is 207 g/mol. The first-order valence-electron chi connectivity index (χ1n) is 5.44. The van der Waals surface area contributed by atoms with E-state index >= 15 is 0 Å². The highest BCUT2D eigenvalue weighted by Crippen LogP contribution is 2.02. The maximum absolute atomic E-state index is 4.11. The SMILES string of the molecule is CCn1cncc1C=CCNC(C)(C)C. The minimum Gasteiger partial charge on any atom is -0.331 e. The van der Waals surface area contributed by atoms with Gasteiger partial charge in [-0.25, -0.2) is 4.98 Å². The molecule has 3 nitrogen and oxygen atoms in total. The molecule has 1 aromatic heterocycles. The molecule has 0 aliphatic carbocycles. The van der Waals surface area contributed by atoms with E-state index in [0.29, 0.717) is 0 Å². The standard InChI is InChI=1S/C12H21N3/c1-5-15-10-13-9-11(15)7-6-8-14-12(2,3)4/h6-7,9-10,14H,5,8H2,1-4H3. The van der Waals surface area contributed by atoms with E-state index < -0.39 is 0 Å². The van der Waals surface area contributed by atoms with Gasteiger partial charge in [0.15, 0.2) is 0 Å². The molecule has 0 amide bonds. The van der Waals surface area contributed by atoms with Crippen LogP contribution in [0.5, 0.6) is 0 Å². The molecule has 0 saturated heterocycles. The Bertz CT molecular complexity index is 318. The van der Waals surface area contributed by atoms with E-state index in [0.717, 1.165) is 18.8 Å². The summed E-state index contributed by atoms with van der Waals surface area (Å²) >= 11 is 0. The van der Waals surface area contributed by atoms with Crippen LogP contribution in [-0.4, -0.2) is 21.6 Å². The van der Waals surface area contributed by atoms with Gasteiger partial charge < -0.3 is 9.88 Å². The fourth-order valence-corrected chi connectivity index (χ4v) is 1.28. The minimum atomic E-state index is 0.176. The summed E-state index contributed by atoms with van der Waals surface area (Å²) in [5.41, 5.74) is 1.34. The van der Waals surface area contributed by atoms with Crippen molar-refractivity contribution in [2.24, 2.45) is 0 Å². The molecule has 15 heavy (non-hydrogen) atoms. The summed E-state index contributed by atoms with van der Waals surface area (Å²) in [6, 6.07) is 0. The maximum atomic E-state index is 4.11. The molecular formula is C12H21N3. The number of nitrogens with one attached hydrogen (secondary N) is 1. The van der Waals surface area contributed by atoms with Crippen molar-refractivity contribution in [3.05, 3.63) is 24.3 Å². The van der Waals surface area contributed by atoms with Gasteiger partial charge >= 0.3 is 0 Å². The molecule has 1 rings (SSSR count). The molecule has 0 atom stereocenters. The number of aryl methyl sites for hydroxylation is 1. The lowest BCUT2D eigenvalue weighted by Crippen LogP contribution is -2.35. The molecule has 0 bridgehead atoms. The average Bonchev–Trinajstić information content (AvgIpc) is 2.58. The predicted octanol–water partition coefficient (Wildman–Crippen LogP) is 2.30. The molecular weight excluding hydrogens is 186 g/mol. The van der Waals surface area contributed by atoms with Gasteiger partial charge in [0.05, 0.1) is 18.2 Å². The number of imidazole rings is 1. The molecule has 0 spiro atoms. The molecule has 0 fully saturated rings. The van der Waals surface area contributed by atoms with Crippen molar-refractivity contribution in [3.8, 4) is 0 Å². The van der Waals surface area contributed by atoms with Crippen molar-refractivity contribution in [1.29, 1.82) is 0 Å². The number of nitrogens with zero attached hydrogens (tertiary/aromatic N) is 2. The van der Waals surface area contributed by atoms with Gasteiger partial charge in [0.2, 0.25) is 0 Å². The van der Waals surface area contributed by atoms with E-state index in [2.05, 4.69) is 54.7 Å². The van der Waals surface area contributed by atoms with Gasteiger partial charge in [0.25, 0.3) is 0 Å². The molecule has 0 aliphatic heterocycles. The second kappa shape index (κ2) is 5.12. The van der Waals surface area contributed by atoms with Crippen LogP contribution in [0.3, 0.4) is 0 Å². The van der Waals surface area contributed by atoms with Crippen LogP contribution in [0, 0.1) is 0 Å². The summed E-state index contributed by atoms with van der Waals surface area (Å²) in [6.45, 7) is 10.5. The monoisotopic (exact) mass is 207 g/mol. The van der Waals surface area contributed by atoms with Crippen molar-refractivity contribution < 1.29 is 0 Å². The van der Waals surface area contributed by atoms with Crippen LogP contribution in [0.2, 0.25) is 0 Å². The Labute approximate surface area is 92.2 Å². The summed E-state index contributed by atoms with van der Waals surface area (Å²) in [6.07, 6.45) is 7.98. The van der Waals surface area contributed by atoms with E-state index in [1.807, 2.05) is 12.5 Å². The number of aromatic nitrogens is 2. The van der Waals surface area contributed by atoms with Gasteiger partial charge in [-0.15, -0.1) is 0 Å². The van der Waals surface area contributed by atoms with Gasteiger partial charge in [0.1, 0.15) is 0 Å². The summed E-state index contributed by atoms with van der Waals surface area (Å²) < 4.78 is 2.12. The first kappa shape index (κ1) is 12.0. The van der Waals surface area contributed by atoms with Crippen molar-refractivity contribution >= 4 is 6.08 Å². The summed E-state index contributed by atoms with van der Waals surface area (Å²) in [5.74, 6) is 0. The molecule has 0 aliphatic rings. The Kier molecular flexibility index (Phi) is 4.09. The predicted molar refractivity (Wildman–Crippen MR) is 64.7 cm³/mol. The smallest absolute Gasteiger partial charge is 0.0950 e. The zero-order valence-electron chi connectivity index (χ0n) is 10.1. The molecule has 0 saturated carbocycles. The highest BCUT2D eigenvalue weighted by molar-refractivity contribution is 5.43. The number of hydrogen-bond acceptors (Lipinski definition) is 2. The highest BCUT2D eigenvalue weighted by Gasteiger charge is 2.05. The van der Waals surface area contributed by atoms with Crippen LogP contribution in [0.1, 0.15) is 33.4 Å². The second-order valence-corrected chi connectivity index (χ2v) is 4.64. The lowest BCUT2D eigenvalue weighted by Gasteiger charge is -2.18. The van der Waals surface area contributed by atoms with E-state index in [1.165, 1.54) is 0 Å². The van der Waals surface area contributed by atoms with Crippen LogP contribution in [0.4, 0.5) is 0 Å². The Morgan fingerprint density at radius 3 is 2.80 bits per heavy atom. The zero-order valence-corrected chi connectivity index (χ0v) is 10.1. The lowest BCUT2D eigenvalue weighted by atomic mass is 10.1. The summed E-state index contributed by atoms with van der Waals surface area (Å²) in [5, 5.41) is 3.41. The largest absolute Gasteiger partial charge is 0.331 e. The Morgan fingerprint density at radius 2 is 2.20 bits per heavy atom. The summed E-state index contributed by atoms with van der Waals surface area (Å²) in [7, 11) is 0. The van der Waals surface area contributed by atoms with Crippen LogP contribution in [0.15, 0.2) is 18.6 Å². The van der Waals surface area contributed by atoms with Crippen molar-refractivity contribution in [2.45, 2.75) is 39.8 Å². The highest BCUT2D eigenvalue weighted by atomic mass is 15.0. The van der Waals surface area contributed by atoms with Gasteiger partial charge in [-0.05, 0) is 33.8 Å². The van der Waals surface area contributed by atoms with E-state index in [4.69, 9.17) is 0 Å². The van der Waals surface area contributed by atoms with Crippen LogP contribution in [0.25, 0.3) is 6.08 Å². The van der Waals surface area contributed by atoms with E-state index in [-0.39, 0.29) is 5.54 Å².